The fourth-order valence-electron chi connectivity index (χ4n) is 1.32. The van der Waals surface area contributed by atoms with E-state index in [0.29, 0.717) is 6.54 Å². The summed E-state index contributed by atoms with van der Waals surface area (Å²) in [5.41, 5.74) is 5.43. The molecule has 3 N–H and O–H groups in total. The minimum absolute atomic E-state index is 0.247. The van der Waals surface area contributed by atoms with Crippen LogP contribution in [0, 0.1) is 0 Å². The third kappa shape index (κ3) is 3.43. The second-order valence-electron chi connectivity index (χ2n) is 3.26. The van der Waals surface area contributed by atoms with Crippen LogP contribution in [0.5, 0.6) is 0 Å². The lowest BCUT2D eigenvalue weighted by Crippen LogP contribution is -2.08. The van der Waals surface area contributed by atoms with Gasteiger partial charge in [-0.05, 0) is 25.8 Å². The number of aryl methyl sites for hydroxylation is 2. The number of rotatable bonds is 7. The number of aromatic nitrogens is 3. The first-order valence-corrected chi connectivity index (χ1v) is 5.06. The van der Waals surface area contributed by atoms with Gasteiger partial charge in [0.05, 0.1) is 0 Å². The molecule has 5 nitrogen and oxygen atoms in total. The zero-order chi connectivity index (χ0) is 10.2. The van der Waals surface area contributed by atoms with Crippen LogP contribution in [0.1, 0.15) is 25.1 Å². The lowest BCUT2D eigenvalue weighted by atomic mass is 10.2. The summed E-state index contributed by atoms with van der Waals surface area (Å²) in [6, 6.07) is 0. The van der Waals surface area contributed by atoms with Crippen molar-refractivity contribution < 1.29 is 5.11 Å². The van der Waals surface area contributed by atoms with Gasteiger partial charge >= 0.3 is 0 Å². The molecule has 1 heterocycles. The molecule has 0 spiro atoms. The van der Waals surface area contributed by atoms with Crippen LogP contribution in [0.15, 0.2) is 6.33 Å². The predicted molar refractivity (Wildman–Crippen MR) is 53.7 cm³/mol. The number of nitrogens with zero attached hydrogens (tertiary/aromatic N) is 3. The van der Waals surface area contributed by atoms with Gasteiger partial charge in [-0.25, -0.2) is 0 Å². The minimum Gasteiger partial charge on any atom is -0.396 e. The highest BCUT2D eigenvalue weighted by molar-refractivity contribution is 4.85. The summed E-state index contributed by atoms with van der Waals surface area (Å²) in [6.45, 7) is 1.82. The van der Waals surface area contributed by atoms with Crippen molar-refractivity contribution in [2.45, 2.75) is 32.2 Å². The normalized spacial score (nSPS) is 10.7. The van der Waals surface area contributed by atoms with Crippen LogP contribution in [-0.4, -0.2) is 33.0 Å². The van der Waals surface area contributed by atoms with Gasteiger partial charge in [0.25, 0.3) is 0 Å². The number of aliphatic hydroxyl groups is 1. The zero-order valence-electron chi connectivity index (χ0n) is 8.39. The number of aliphatic hydroxyl groups excluding tert-OH is 1. The molecule has 0 saturated carbocycles. The third-order valence-electron chi connectivity index (χ3n) is 2.11. The van der Waals surface area contributed by atoms with Crippen molar-refractivity contribution in [3.8, 4) is 0 Å². The van der Waals surface area contributed by atoms with Gasteiger partial charge in [-0.15, -0.1) is 10.2 Å². The Morgan fingerprint density at radius 1 is 1.36 bits per heavy atom. The Bertz CT molecular complexity index is 249. The van der Waals surface area contributed by atoms with Crippen LogP contribution >= 0.6 is 0 Å². The summed E-state index contributed by atoms with van der Waals surface area (Å²) < 4.78 is 2.03. The SMILES string of the molecule is NCCCn1cnnc1CCCCO. The number of hydrogen-bond donors (Lipinski definition) is 2. The first kappa shape index (κ1) is 11.1. The van der Waals surface area contributed by atoms with Crippen LogP contribution in [-0.2, 0) is 13.0 Å². The summed E-state index contributed by atoms with van der Waals surface area (Å²) in [5.74, 6) is 0.993. The molecule has 14 heavy (non-hydrogen) atoms. The van der Waals surface area contributed by atoms with Crippen molar-refractivity contribution >= 4 is 0 Å². The predicted octanol–water partition coefficient (Wildman–Crippen LogP) is -0.0581. The molecule has 1 aromatic rings. The van der Waals surface area contributed by atoms with Crippen molar-refractivity contribution in [1.82, 2.24) is 14.8 Å². The van der Waals surface area contributed by atoms with Crippen LogP contribution in [0.3, 0.4) is 0 Å². The fourth-order valence-corrected chi connectivity index (χ4v) is 1.32. The Balaban J connectivity index is 2.37. The Morgan fingerprint density at radius 3 is 2.93 bits per heavy atom. The lowest BCUT2D eigenvalue weighted by molar-refractivity contribution is 0.284. The molecule has 0 aliphatic heterocycles. The molecule has 0 bridgehead atoms. The van der Waals surface area contributed by atoms with Gasteiger partial charge in [0, 0.05) is 19.6 Å². The molecule has 0 atom stereocenters. The molecule has 0 amide bonds. The number of nitrogens with two attached hydrogens (primary N) is 1. The molecule has 0 aliphatic rings. The molecule has 80 valence electrons. The first-order chi connectivity index (χ1) is 6.88. The van der Waals surface area contributed by atoms with Gasteiger partial charge in [-0.3, -0.25) is 0 Å². The van der Waals surface area contributed by atoms with E-state index in [1.807, 2.05) is 4.57 Å². The summed E-state index contributed by atoms with van der Waals surface area (Å²) in [6.07, 6.45) is 5.35. The molecule has 0 aliphatic carbocycles. The van der Waals surface area contributed by atoms with Crippen molar-refractivity contribution in [3.05, 3.63) is 12.2 Å². The maximum atomic E-state index is 8.65. The van der Waals surface area contributed by atoms with E-state index in [4.69, 9.17) is 10.8 Å². The highest BCUT2D eigenvalue weighted by Crippen LogP contribution is 2.02. The van der Waals surface area contributed by atoms with Crippen LogP contribution in [0.25, 0.3) is 0 Å². The molecular weight excluding hydrogens is 180 g/mol. The Kier molecular flexibility index (Phi) is 5.17. The Labute approximate surface area is 83.9 Å². The second kappa shape index (κ2) is 6.50. The zero-order valence-corrected chi connectivity index (χ0v) is 8.39. The van der Waals surface area contributed by atoms with Crippen LogP contribution in [0.4, 0.5) is 0 Å². The summed E-state index contributed by atoms with van der Waals surface area (Å²) in [5, 5.41) is 16.5. The van der Waals surface area contributed by atoms with E-state index in [9.17, 15) is 0 Å². The van der Waals surface area contributed by atoms with E-state index in [-0.39, 0.29) is 6.61 Å². The Morgan fingerprint density at radius 2 is 2.21 bits per heavy atom. The maximum Gasteiger partial charge on any atom is 0.132 e. The lowest BCUT2D eigenvalue weighted by Gasteiger charge is -2.04. The Hall–Kier alpha value is -0.940. The van der Waals surface area contributed by atoms with E-state index >= 15 is 0 Å². The van der Waals surface area contributed by atoms with Crippen molar-refractivity contribution in [1.29, 1.82) is 0 Å². The molecule has 0 radical (unpaired) electrons. The van der Waals surface area contributed by atoms with Crippen LogP contribution in [0.2, 0.25) is 0 Å². The van der Waals surface area contributed by atoms with E-state index in [1.54, 1.807) is 6.33 Å². The van der Waals surface area contributed by atoms with Gasteiger partial charge in [0.15, 0.2) is 0 Å². The van der Waals surface area contributed by atoms with Crippen molar-refractivity contribution in [2.24, 2.45) is 5.73 Å². The molecule has 0 fully saturated rings. The molecule has 0 saturated heterocycles. The minimum atomic E-state index is 0.247. The smallest absolute Gasteiger partial charge is 0.132 e. The standard InChI is InChI=1S/C9H18N4O/c10-5-3-6-13-8-11-12-9(13)4-1-2-7-14/h8,14H,1-7,10H2. The summed E-state index contributed by atoms with van der Waals surface area (Å²) in [4.78, 5) is 0. The largest absolute Gasteiger partial charge is 0.396 e. The van der Waals surface area contributed by atoms with Crippen LogP contribution < -0.4 is 5.73 Å². The van der Waals surface area contributed by atoms with E-state index in [1.165, 1.54) is 0 Å². The van der Waals surface area contributed by atoms with Gasteiger partial charge in [0.2, 0.25) is 0 Å². The second-order valence-corrected chi connectivity index (χ2v) is 3.26. The quantitative estimate of drug-likeness (QED) is 0.602. The third-order valence-corrected chi connectivity index (χ3v) is 2.11. The maximum absolute atomic E-state index is 8.65. The van der Waals surface area contributed by atoms with E-state index in [0.717, 1.165) is 38.1 Å². The van der Waals surface area contributed by atoms with Gasteiger partial charge < -0.3 is 15.4 Å². The highest BCUT2D eigenvalue weighted by atomic mass is 16.2. The average Bonchev–Trinajstić information content (AvgIpc) is 2.63. The molecule has 0 aromatic carbocycles. The highest BCUT2D eigenvalue weighted by Gasteiger charge is 2.02. The van der Waals surface area contributed by atoms with Crippen molar-refractivity contribution in [2.75, 3.05) is 13.2 Å². The van der Waals surface area contributed by atoms with E-state index < -0.39 is 0 Å². The number of hydrogen-bond acceptors (Lipinski definition) is 4. The summed E-state index contributed by atoms with van der Waals surface area (Å²) >= 11 is 0. The van der Waals surface area contributed by atoms with Crippen molar-refractivity contribution in [3.63, 3.8) is 0 Å². The fraction of sp³-hybridized carbons (Fsp3) is 0.778. The summed E-state index contributed by atoms with van der Waals surface area (Å²) in [7, 11) is 0. The molecule has 5 heteroatoms. The van der Waals surface area contributed by atoms with Gasteiger partial charge in [-0.1, -0.05) is 0 Å². The van der Waals surface area contributed by atoms with Gasteiger partial charge in [-0.2, -0.15) is 0 Å². The molecule has 1 aromatic heterocycles. The molecule has 1 rings (SSSR count). The topological polar surface area (TPSA) is 77.0 Å². The number of unbranched alkanes of at least 4 members (excludes halogenated alkanes) is 1. The average molecular weight is 198 g/mol. The molecular formula is C9H18N4O. The molecule has 0 unspecified atom stereocenters. The van der Waals surface area contributed by atoms with Gasteiger partial charge in [0.1, 0.15) is 12.2 Å². The van der Waals surface area contributed by atoms with E-state index in [2.05, 4.69) is 10.2 Å². The first-order valence-electron chi connectivity index (χ1n) is 5.06. The monoisotopic (exact) mass is 198 g/mol.